The fraction of sp³-hybridized carbons (Fsp3) is 0.235. The SMILES string of the molecule is O=C(c1ccco1)N1CCN(c2ccc(-n3cccc3)nn2)CC1. The van der Waals surface area contributed by atoms with E-state index in [2.05, 4.69) is 15.1 Å². The second kappa shape index (κ2) is 6.19. The number of aromatic nitrogens is 3. The number of hydrogen-bond acceptors (Lipinski definition) is 5. The molecule has 1 saturated heterocycles. The lowest BCUT2D eigenvalue weighted by Gasteiger charge is -2.34. The summed E-state index contributed by atoms with van der Waals surface area (Å²) in [5, 5.41) is 8.58. The summed E-state index contributed by atoms with van der Waals surface area (Å²) in [5.74, 6) is 1.94. The van der Waals surface area contributed by atoms with Gasteiger partial charge in [-0.15, -0.1) is 10.2 Å². The third-order valence-corrected chi connectivity index (χ3v) is 4.13. The highest BCUT2D eigenvalue weighted by atomic mass is 16.3. The molecule has 0 N–H and O–H groups in total. The maximum atomic E-state index is 12.3. The molecule has 4 heterocycles. The zero-order chi connectivity index (χ0) is 16.4. The summed E-state index contributed by atoms with van der Waals surface area (Å²) in [4.78, 5) is 16.2. The van der Waals surface area contributed by atoms with Crippen molar-refractivity contribution in [1.82, 2.24) is 19.7 Å². The van der Waals surface area contributed by atoms with Crippen LogP contribution in [-0.2, 0) is 0 Å². The van der Waals surface area contributed by atoms with Gasteiger partial charge in [0.05, 0.1) is 6.26 Å². The van der Waals surface area contributed by atoms with Gasteiger partial charge in [-0.25, -0.2) is 0 Å². The van der Waals surface area contributed by atoms with Crippen LogP contribution < -0.4 is 4.90 Å². The number of furan rings is 1. The summed E-state index contributed by atoms with van der Waals surface area (Å²) in [6.07, 6.45) is 5.39. The molecule has 3 aromatic rings. The van der Waals surface area contributed by atoms with Crippen molar-refractivity contribution in [3.05, 3.63) is 60.8 Å². The van der Waals surface area contributed by atoms with Gasteiger partial charge in [0.15, 0.2) is 17.4 Å². The molecule has 122 valence electrons. The average molecular weight is 323 g/mol. The van der Waals surface area contributed by atoms with E-state index < -0.39 is 0 Å². The Kier molecular flexibility index (Phi) is 3.74. The first-order valence-corrected chi connectivity index (χ1v) is 7.86. The molecule has 24 heavy (non-hydrogen) atoms. The number of anilines is 1. The monoisotopic (exact) mass is 323 g/mol. The van der Waals surface area contributed by atoms with Crippen molar-refractivity contribution >= 4 is 11.7 Å². The highest BCUT2D eigenvalue weighted by Crippen LogP contribution is 2.16. The van der Waals surface area contributed by atoms with E-state index in [0.29, 0.717) is 18.8 Å². The van der Waals surface area contributed by atoms with Crippen LogP contribution >= 0.6 is 0 Å². The summed E-state index contributed by atoms with van der Waals surface area (Å²) >= 11 is 0. The highest BCUT2D eigenvalue weighted by molar-refractivity contribution is 5.91. The molecular weight excluding hydrogens is 306 g/mol. The van der Waals surface area contributed by atoms with Gasteiger partial charge >= 0.3 is 0 Å². The van der Waals surface area contributed by atoms with Crippen molar-refractivity contribution in [3.63, 3.8) is 0 Å². The van der Waals surface area contributed by atoms with Gasteiger partial charge in [0.25, 0.3) is 5.91 Å². The molecule has 7 heteroatoms. The highest BCUT2D eigenvalue weighted by Gasteiger charge is 2.24. The Morgan fingerprint density at radius 2 is 1.62 bits per heavy atom. The Bertz CT molecular complexity index is 788. The smallest absolute Gasteiger partial charge is 0.289 e. The predicted octanol–water partition coefficient (Wildman–Crippen LogP) is 1.82. The molecule has 0 spiro atoms. The molecule has 0 atom stereocenters. The topological polar surface area (TPSA) is 67.4 Å². The molecule has 1 amide bonds. The van der Waals surface area contributed by atoms with Crippen LogP contribution in [0.3, 0.4) is 0 Å². The van der Waals surface area contributed by atoms with E-state index in [1.807, 2.05) is 41.2 Å². The van der Waals surface area contributed by atoms with Crippen LogP contribution in [-0.4, -0.2) is 51.8 Å². The van der Waals surface area contributed by atoms with E-state index in [1.54, 1.807) is 17.0 Å². The standard InChI is InChI=1S/C17H17N5O2/c23-17(14-4-3-13-24-14)22-11-9-21(10-12-22)16-6-5-15(18-19-16)20-7-1-2-8-20/h1-8,13H,9-12H2. The summed E-state index contributed by atoms with van der Waals surface area (Å²) in [7, 11) is 0. The van der Waals surface area contributed by atoms with E-state index >= 15 is 0 Å². The largest absolute Gasteiger partial charge is 0.459 e. The van der Waals surface area contributed by atoms with Crippen LogP contribution in [0.4, 0.5) is 5.82 Å². The van der Waals surface area contributed by atoms with E-state index in [4.69, 9.17) is 4.42 Å². The van der Waals surface area contributed by atoms with Crippen LogP contribution in [0.5, 0.6) is 0 Å². The van der Waals surface area contributed by atoms with Crippen LogP contribution in [0.1, 0.15) is 10.6 Å². The fourth-order valence-electron chi connectivity index (χ4n) is 2.81. The molecule has 1 aliphatic heterocycles. The van der Waals surface area contributed by atoms with E-state index in [1.165, 1.54) is 6.26 Å². The maximum Gasteiger partial charge on any atom is 0.289 e. The summed E-state index contributed by atoms with van der Waals surface area (Å²) in [6, 6.07) is 11.2. The van der Waals surface area contributed by atoms with Crippen molar-refractivity contribution in [1.29, 1.82) is 0 Å². The Morgan fingerprint density at radius 3 is 2.25 bits per heavy atom. The zero-order valence-corrected chi connectivity index (χ0v) is 13.1. The Morgan fingerprint density at radius 1 is 0.917 bits per heavy atom. The van der Waals surface area contributed by atoms with Gasteiger partial charge in [-0.2, -0.15) is 0 Å². The molecule has 0 aromatic carbocycles. The second-order valence-corrected chi connectivity index (χ2v) is 5.60. The number of nitrogens with zero attached hydrogens (tertiary/aromatic N) is 5. The Balaban J connectivity index is 1.40. The summed E-state index contributed by atoms with van der Waals surface area (Å²) < 4.78 is 7.09. The van der Waals surface area contributed by atoms with Gasteiger partial charge in [-0.3, -0.25) is 4.79 Å². The van der Waals surface area contributed by atoms with E-state index in [-0.39, 0.29) is 5.91 Å². The van der Waals surface area contributed by atoms with Crippen molar-refractivity contribution in [2.24, 2.45) is 0 Å². The van der Waals surface area contributed by atoms with Crippen LogP contribution in [0, 0.1) is 0 Å². The lowest BCUT2D eigenvalue weighted by atomic mass is 10.3. The molecule has 7 nitrogen and oxygen atoms in total. The molecule has 1 fully saturated rings. The van der Waals surface area contributed by atoms with Gasteiger partial charge in [-0.1, -0.05) is 0 Å². The van der Waals surface area contributed by atoms with Gasteiger partial charge in [-0.05, 0) is 36.4 Å². The lowest BCUT2D eigenvalue weighted by molar-refractivity contribution is 0.0714. The molecule has 0 bridgehead atoms. The molecule has 0 radical (unpaired) electrons. The Labute approximate surface area is 139 Å². The Hall–Kier alpha value is -3.09. The number of piperazine rings is 1. The van der Waals surface area contributed by atoms with Crippen LogP contribution in [0.25, 0.3) is 5.82 Å². The van der Waals surface area contributed by atoms with Gasteiger partial charge in [0, 0.05) is 38.6 Å². The molecule has 0 unspecified atom stereocenters. The third kappa shape index (κ3) is 2.76. The summed E-state index contributed by atoms with van der Waals surface area (Å²) in [5.41, 5.74) is 0. The van der Waals surface area contributed by atoms with Crippen molar-refractivity contribution in [3.8, 4) is 5.82 Å². The maximum absolute atomic E-state index is 12.3. The molecule has 3 aromatic heterocycles. The second-order valence-electron chi connectivity index (χ2n) is 5.60. The average Bonchev–Trinajstić information content (AvgIpc) is 3.35. The first-order valence-electron chi connectivity index (χ1n) is 7.86. The number of hydrogen-bond donors (Lipinski definition) is 0. The zero-order valence-electron chi connectivity index (χ0n) is 13.1. The molecule has 0 saturated carbocycles. The van der Waals surface area contributed by atoms with Crippen LogP contribution in [0.2, 0.25) is 0 Å². The molecule has 1 aliphatic rings. The van der Waals surface area contributed by atoms with Crippen LogP contribution in [0.15, 0.2) is 59.5 Å². The fourth-order valence-corrected chi connectivity index (χ4v) is 2.81. The quantitative estimate of drug-likeness (QED) is 0.735. The number of rotatable bonds is 3. The minimum absolute atomic E-state index is 0.0614. The first kappa shape index (κ1) is 14.5. The molecule has 0 aliphatic carbocycles. The third-order valence-electron chi connectivity index (χ3n) is 4.13. The normalized spacial score (nSPS) is 14.8. The van der Waals surface area contributed by atoms with Crippen molar-refractivity contribution in [2.75, 3.05) is 31.1 Å². The van der Waals surface area contributed by atoms with Crippen molar-refractivity contribution < 1.29 is 9.21 Å². The number of carbonyl (C=O) groups is 1. The predicted molar refractivity (Wildman–Crippen MR) is 88.2 cm³/mol. The lowest BCUT2D eigenvalue weighted by Crippen LogP contribution is -2.49. The minimum atomic E-state index is -0.0614. The molecule has 4 rings (SSSR count). The van der Waals surface area contributed by atoms with Gasteiger partial charge < -0.3 is 18.8 Å². The minimum Gasteiger partial charge on any atom is -0.459 e. The number of amides is 1. The summed E-state index contributed by atoms with van der Waals surface area (Å²) in [6.45, 7) is 2.73. The van der Waals surface area contributed by atoms with Gasteiger partial charge in [0.1, 0.15) is 0 Å². The molecular formula is C17H17N5O2. The first-order chi connectivity index (χ1) is 11.8. The van der Waals surface area contributed by atoms with Gasteiger partial charge in [0.2, 0.25) is 0 Å². The van der Waals surface area contributed by atoms with E-state index in [0.717, 1.165) is 24.7 Å². The van der Waals surface area contributed by atoms with E-state index in [9.17, 15) is 4.79 Å². The van der Waals surface area contributed by atoms with Crippen molar-refractivity contribution in [2.45, 2.75) is 0 Å². The number of carbonyl (C=O) groups excluding carboxylic acids is 1.